The predicted octanol–water partition coefficient (Wildman–Crippen LogP) is 5.83. The molecule has 1 rings (SSSR count). The van der Waals surface area contributed by atoms with Gasteiger partial charge >= 0.3 is 12.1 Å². The fourth-order valence-corrected chi connectivity index (χ4v) is 4.26. The fourth-order valence-electron chi connectivity index (χ4n) is 2.14. The van der Waals surface area contributed by atoms with Gasteiger partial charge in [0.15, 0.2) is 5.75 Å². The Morgan fingerprint density at radius 3 is 2.24 bits per heavy atom. The van der Waals surface area contributed by atoms with Crippen molar-refractivity contribution in [2.45, 2.75) is 58.2 Å². The molecular weight excluding hydrogens is 560 g/mol. The van der Waals surface area contributed by atoms with E-state index < -0.39 is 12.1 Å². The number of halogens is 4. The van der Waals surface area contributed by atoms with Gasteiger partial charge in [0.1, 0.15) is 0 Å². The molecule has 0 aliphatic heterocycles. The first-order chi connectivity index (χ1) is 11.8. The van der Waals surface area contributed by atoms with Crippen LogP contribution in [0.3, 0.4) is 0 Å². The highest BCUT2D eigenvalue weighted by molar-refractivity contribution is 14.1. The normalized spacial score (nSPS) is 11.6. The van der Waals surface area contributed by atoms with Gasteiger partial charge in [-0.3, -0.25) is 0 Å². The van der Waals surface area contributed by atoms with Crippen LogP contribution in [-0.2, 0) is 16.1 Å². The van der Waals surface area contributed by atoms with E-state index in [0.717, 1.165) is 18.4 Å². The maximum Gasteiger partial charge on any atom is 0.501 e. The first-order valence-electron chi connectivity index (χ1n) is 8.13. The lowest BCUT2D eigenvalue weighted by Gasteiger charge is -2.17. The van der Waals surface area contributed by atoms with E-state index in [0.29, 0.717) is 20.4 Å². The summed E-state index contributed by atoms with van der Waals surface area (Å²) in [5, 5.41) is 8.47. The van der Waals surface area contributed by atoms with Crippen LogP contribution in [0.15, 0.2) is 12.1 Å². The predicted molar refractivity (Wildman–Crippen MR) is 108 cm³/mol. The van der Waals surface area contributed by atoms with Crippen LogP contribution in [0.25, 0.3) is 0 Å². The van der Waals surface area contributed by atoms with Gasteiger partial charge in [0.05, 0.1) is 13.7 Å². The Morgan fingerprint density at radius 2 is 1.68 bits per heavy atom. The van der Waals surface area contributed by atoms with E-state index in [1.165, 1.54) is 25.7 Å². The van der Waals surface area contributed by atoms with Gasteiger partial charge in [0, 0.05) is 6.61 Å². The summed E-state index contributed by atoms with van der Waals surface area (Å²) in [7, 11) is 0. The quantitative estimate of drug-likeness (QED) is 0.249. The molecule has 4 nitrogen and oxygen atoms in total. The largest absolute Gasteiger partial charge is 0.501 e. The summed E-state index contributed by atoms with van der Waals surface area (Å²) in [6, 6.07) is 3.33. The van der Waals surface area contributed by atoms with Gasteiger partial charge in [-0.1, -0.05) is 39.0 Å². The molecule has 1 N–H and O–H groups in total. The van der Waals surface area contributed by atoms with Crippen molar-refractivity contribution in [1.29, 1.82) is 0 Å². The van der Waals surface area contributed by atoms with Gasteiger partial charge < -0.3 is 14.6 Å². The highest BCUT2D eigenvalue weighted by Crippen LogP contribution is 2.33. The van der Waals surface area contributed by atoms with Crippen LogP contribution in [0.4, 0.5) is 8.78 Å². The second kappa shape index (κ2) is 11.5. The maximum absolute atomic E-state index is 13.2. The summed E-state index contributed by atoms with van der Waals surface area (Å²) < 4.78 is 37.3. The summed E-state index contributed by atoms with van der Waals surface area (Å²) in [6.45, 7) is 3.23. The van der Waals surface area contributed by atoms with E-state index in [1.54, 1.807) is 12.1 Å². The van der Waals surface area contributed by atoms with Crippen molar-refractivity contribution >= 4 is 51.2 Å². The molecule has 1 aromatic rings. The minimum Gasteiger partial charge on any atom is -0.474 e. The molecule has 0 saturated heterocycles. The molecule has 0 aliphatic rings. The van der Waals surface area contributed by atoms with Gasteiger partial charge in [-0.25, -0.2) is 4.79 Å². The lowest BCUT2D eigenvalue weighted by Crippen LogP contribution is -2.35. The van der Waals surface area contributed by atoms with E-state index in [9.17, 15) is 13.6 Å². The fraction of sp³-hybridized carbons (Fsp3) is 0.588. The number of carboxylic acids is 1. The molecule has 0 fully saturated rings. The lowest BCUT2D eigenvalue weighted by atomic mass is 10.1. The summed E-state index contributed by atoms with van der Waals surface area (Å²) in [5.41, 5.74) is 0.839. The maximum atomic E-state index is 13.2. The SMILES string of the molecule is CCCCCCCCOCc1cc(I)c(OC(F)(F)C(=O)O)c(I)c1. The zero-order chi connectivity index (χ0) is 18.9. The van der Waals surface area contributed by atoms with Crippen LogP contribution in [0.2, 0.25) is 0 Å². The number of benzene rings is 1. The third-order valence-electron chi connectivity index (χ3n) is 3.45. The summed E-state index contributed by atoms with van der Waals surface area (Å²) in [4.78, 5) is 10.5. The molecule has 0 bridgehead atoms. The number of carboxylic acid groups (broad SMARTS) is 1. The van der Waals surface area contributed by atoms with Gasteiger partial charge in [-0.2, -0.15) is 8.78 Å². The number of ether oxygens (including phenoxy) is 2. The van der Waals surface area contributed by atoms with Crippen molar-refractivity contribution in [1.82, 2.24) is 0 Å². The molecule has 142 valence electrons. The molecule has 0 aromatic heterocycles. The Kier molecular flexibility index (Phi) is 10.5. The molecule has 0 amide bonds. The molecule has 0 unspecified atom stereocenters. The van der Waals surface area contributed by atoms with E-state index >= 15 is 0 Å². The molecule has 0 spiro atoms. The Labute approximate surface area is 173 Å². The van der Waals surface area contributed by atoms with Crippen LogP contribution < -0.4 is 4.74 Å². The highest BCUT2D eigenvalue weighted by atomic mass is 127. The van der Waals surface area contributed by atoms with Gasteiger partial charge in [0.25, 0.3) is 0 Å². The first-order valence-corrected chi connectivity index (χ1v) is 10.3. The number of hydrogen-bond donors (Lipinski definition) is 1. The minimum atomic E-state index is -4.25. The molecular formula is C17H22F2I2O4. The summed E-state index contributed by atoms with van der Waals surface area (Å²) in [6.07, 6.45) is 2.87. The monoisotopic (exact) mass is 582 g/mol. The van der Waals surface area contributed by atoms with Crippen molar-refractivity contribution in [3.05, 3.63) is 24.8 Å². The van der Waals surface area contributed by atoms with Crippen LogP contribution >= 0.6 is 45.2 Å². The molecule has 0 saturated carbocycles. The van der Waals surface area contributed by atoms with Crippen molar-refractivity contribution < 1.29 is 28.2 Å². The molecule has 0 heterocycles. The summed E-state index contributed by atoms with van der Waals surface area (Å²) >= 11 is 3.70. The number of alkyl halides is 2. The smallest absolute Gasteiger partial charge is 0.474 e. The van der Waals surface area contributed by atoms with Crippen molar-refractivity contribution in [3.8, 4) is 5.75 Å². The molecule has 0 aliphatic carbocycles. The Balaban J connectivity index is 2.49. The third kappa shape index (κ3) is 8.33. The lowest BCUT2D eigenvalue weighted by molar-refractivity contribution is -0.211. The van der Waals surface area contributed by atoms with Gasteiger partial charge in [0.2, 0.25) is 0 Å². The van der Waals surface area contributed by atoms with E-state index in [-0.39, 0.29) is 5.75 Å². The number of aliphatic carboxylic acids is 1. The van der Waals surface area contributed by atoms with Crippen molar-refractivity contribution in [2.75, 3.05) is 6.61 Å². The molecule has 25 heavy (non-hydrogen) atoms. The average Bonchev–Trinajstić information content (AvgIpc) is 2.53. The van der Waals surface area contributed by atoms with E-state index in [1.807, 2.05) is 45.2 Å². The van der Waals surface area contributed by atoms with Gasteiger partial charge in [-0.15, -0.1) is 0 Å². The number of rotatable bonds is 12. The van der Waals surface area contributed by atoms with Crippen molar-refractivity contribution in [2.24, 2.45) is 0 Å². The van der Waals surface area contributed by atoms with Crippen LogP contribution in [-0.4, -0.2) is 23.8 Å². The molecule has 0 atom stereocenters. The van der Waals surface area contributed by atoms with Crippen LogP contribution in [0.1, 0.15) is 51.0 Å². The Hall–Kier alpha value is -0.230. The number of hydrogen-bond acceptors (Lipinski definition) is 3. The Morgan fingerprint density at radius 1 is 1.12 bits per heavy atom. The second-order valence-electron chi connectivity index (χ2n) is 5.63. The summed E-state index contributed by atoms with van der Waals surface area (Å²) in [5.74, 6) is -2.45. The van der Waals surface area contributed by atoms with Crippen molar-refractivity contribution in [3.63, 3.8) is 0 Å². The van der Waals surface area contributed by atoms with E-state index in [4.69, 9.17) is 9.84 Å². The average molecular weight is 582 g/mol. The molecule has 0 radical (unpaired) electrons. The first kappa shape index (κ1) is 22.8. The second-order valence-corrected chi connectivity index (χ2v) is 7.96. The Bertz CT molecular complexity index is 545. The number of unbranched alkanes of at least 4 members (excludes halogenated alkanes) is 5. The van der Waals surface area contributed by atoms with Crippen LogP contribution in [0, 0.1) is 7.14 Å². The van der Waals surface area contributed by atoms with Crippen LogP contribution in [0.5, 0.6) is 5.75 Å². The zero-order valence-corrected chi connectivity index (χ0v) is 18.3. The number of carbonyl (C=O) groups is 1. The topological polar surface area (TPSA) is 55.8 Å². The highest BCUT2D eigenvalue weighted by Gasteiger charge is 2.43. The third-order valence-corrected chi connectivity index (χ3v) is 5.05. The van der Waals surface area contributed by atoms with Gasteiger partial charge in [-0.05, 0) is 69.3 Å². The van der Waals surface area contributed by atoms with E-state index in [2.05, 4.69) is 11.7 Å². The minimum absolute atomic E-state index is 0.131. The standard InChI is InChI=1S/C17H22F2I2O4/c1-2-3-4-5-6-7-8-24-11-12-9-13(20)15(14(21)10-12)25-17(18,19)16(22)23/h9-10H,2-8,11H2,1H3,(H,22,23). The zero-order valence-electron chi connectivity index (χ0n) is 14.0. The molecule has 1 aromatic carbocycles. The molecule has 8 heteroatoms.